The molecule has 1 aromatic carbocycles. The fourth-order valence-electron chi connectivity index (χ4n) is 3.92. The number of para-hydroxylation sites is 1. The molecule has 0 bridgehead atoms. The third kappa shape index (κ3) is 2.27. The molecule has 0 saturated heterocycles. The van der Waals surface area contributed by atoms with Crippen molar-refractivity contribution in [1.82, 2.24) is 28.9 Å². The normalized spacial score (nSPS) is 19.4. The van der Waals surface area contributed by atoms with E-state index in [4.69, 9.17) is 11.6 Å². The van der Waals surface area contributed by atoms with Gasteiger partial charge in [0, 0.05) is 12.0 Å². The van der Waals surface area contributed by atoms with Gasteiger partial charge in [-0.25, -0.2) is 4.98 Å². The molecule has 27 heavy (non-hydrogen) atoms. The molecule has 0 radical (unpaired) electrons. The first-order valence-electron chi connectivity index (χ1n) is 9.09. The minimum Gasteiger partial charge on any atom is -0.301 e. The summed E-state index contributed by atoms with van der Waals surface area (Å²) in [6.07, 6.45) is 4.54. The predicted molar refractivity (Wildman–Crippen MR) is 104 cm³/mol. The van der Waals surface area contributed by atoms with E-state index in [1.807, 2.05) is 26.0 Å². The molecule has 3 aromatic heterocycles. The summed E-state index contributed by atoms with van der Waals surface area (Å²) in [6, 6.07) is 5.58. The van der Waals surface area contributed by atoms with E-state index in [0.717, 1.165) is 17.6 Å². The van der Waals surface area contributed by atoms with Crippen LogP contribution in [0.4, 0.5) is 0 Å². The Kier molecular flexibility index (Phi) is 3.46. The van der Waals surface area contributed by atoms with Crippen molar-refractivity contribution < 1.29 is 0 Å². The van der Waals surface area contributed by atoms with E-state index in [1.165, 1.54) is 0 Å². The zero-order valence-corrected chi connectivity index (χ0v) is 16.1. The topological polar surface area (TPSA) is 70.0 Å². The molecule has 3 heterocycles. The molecule has 5 rings (SSSR count). The van der Waals surface area contributed by atoms with Gasteiger partial charge in [0.05, 0.1) is 27.9 Å². The lowest BCUT2D eigenvalue weighted by molar-refractivity contribution is 0.600. The largest absolute Gasteiger partial charge is 0.301 e. The molecular weight excluding hydrogens is 364 g/mol. The minimum absolute atomic E-state index is 0.0497. The lowest BCUT2D eigenvalue weighted by Gasteiger charge is -2.16. The van der Waals surface area contributed by atoms with Crippen LogP contribution in [0.3, 0.4) is 0 Å². The predicted octanol–water partition coefficient (Wildman–Crippen LogP) is 3.59. The molecule has 2 atom stereocenters. The van der Waals surface area contributed by atoms with Gasteiger partial charge in [-0.1, -0.05) is 29.8 Å². The molecule has 138 valence electrons. The molecule has 1 aliphatic carbocycles. The Morgan fingerprint density at radius 1 is 1.26 bits per heavy atom. The Morgan fingerprint density at radius 3 is 2.74 bits per heavy atom. The molecule has 8 heteroatoms. The van der Waals surface area contributed by atoms with Crippen LogP contribution in [0.15, 0.2) is 35.5 Å². The minimum atomic E-state index is -0.136. The summed E-state index contributed by atoms with van der Waals surface area (Å²) < 4.78 is 5.25. The Labute approximate surface area is 160 Å². The van der Waals surface area contributed by atoms with Gasteiger partial charge in [-0.3, -0.25) is 9.20 Å². The van der Waals surface area contributed by atoms with Gasteiger partial charge in [0.1, 0.15) is 6.33 Å². The number of benzene rings is 1. The SMILES string of the molecule is CC1CC1c1cnnn1-c1ncn2c1c(=O)n(C(C)C)c1c(Cl)cccc12. The molecule has 2 unspecified atom stereocenters. The van der Waals surface area contributed by atoms with E-state index in [-0.39, 0.29) is 11.6 Å². The number of hydrogen-bond acceptors (Lipinski definition) is 4. The molecule has 1 fully saturated rings. The van der Waals surface area contributed by atoms with Crippen LogP contribution in [0, 0.1) is 5.92 Å². The lowest BCUT2D eigenvalue weighted by atomic mass is 10.2. The average Bonchev–Trinajstić information content (AvgIpc) is 3.03. The van der Waals surface area contributed by atoms with Crippen molar-refractivity contribution in [3.63, 3.8) is 0 Å². The highest BCUT2D eigenvalue weighted by Gasteiger charge is 2.38. The van der Waals surface area contributed by atoms with Gasteiger partial charge in [-0.05, 0) is 38.3 Å². The maximum absolute atomic E-state index is 13.5. The van der Waals surface area contributed by atoms with Crippen LogP contribution in [0.2, 0.25) is 5.02 Å². The van der Waals surface area contributed by atoms with Gasteiger partial charge in [0.25, 0.3) is 5.56 Å². The Balaban J connectivity index is 1.89. The fourth-order valence-corrected chi connectivity index (χ4v) is 4.18. The summed E-state index contributed by atoms with van der Waals surface area (Å²) in [5.41, 5.74) is 2.91. The third-order valence-electron chi connectivity index (χ3n) is 5.42. The van der Waals surface area contributed by atoms with Crippen molar-refractivity contribution >= 4 is 28.2 Å². The van der Waals surface area contributed by atoms with E-state index < -0.39 is 0 Å². The molecule has 1 aliphatic rings. The van der Waals surface area contributed by atoms with Gasteiger partial charge in [-0.2, -0.15) is 4.68 Å². The summed E-state index contributed by atoms with van der Waals surface area (Å²) in [5, 5.41) is 8.86. The van der Waals surface area contributed by atoms with Gasteiger partial charge in [0.2, 0.25) is 0 Å². The standard InChI is InChI=1S/C19H19ClN6O/c1-10(2)25-16-13(20)5-4-6-14(16)24-9-21-18(17(24)19(25)27)26-15(8-22-23-26)12-7-11(12)3/h4-6,8-12H,7H2,1-3H3. The summed E-state index contributed by atoms with van der Waals surface area (Å²) >= 11 is 6.46. The van der Waals surface area contributed by atoms with Crippen molar-refractivity contribution in [2.45, 2.75) is 39.2 Å². The lowest BCUT2D eigenvalue weighted by Crippen LogP contribution is -2.25. The average molecular weight is 383 g/mol. The third-order valence-corrected chi connectivity index (χ3v) is 5.72. The first-order chi connectivity index (χ1) is 13.0. The Bertz CT molecular complexity index is 1250. The van der Waals surface area contributed by atoms with Crippen molar-refractivity contribution in [2.24, 2.45) is 5.92 Å². The number of hydrogen-bond donors (Lipinski definition) is 0. The maximum atomic E-state index is 13.5. The molecule has 0 N–H and O–H groups in total. The quantitative estimate of drug-likeness (QED) is 0.543. The highest BCUT2D eigenvalue weighted by molar-refractivity contribution is 6.35. The van der Waals surface area contributed by atoms with E-state index in [0.29, 0.717) is 33.7 Å². The van der Waals surface area contributed by atoms with E-state index in [1.54, 1.807) is 32.2 Å². The smallest absolute Gasteiger partial charge is 0.279 e. The monoisotopic (exact) mass is 382 g/mol. The molecule has 1 saturated carbocycles. The van der Waals surface area contributed by atoms with Gasteiger partial charge < -0.3 is 4.57 Å². The van der Waals surface area contributed by atoms with Crippen molar-refractivity contribution in [3.8, 4) is 5.82 Å². The molecule has 4 aromatic rings. The second-order valence-electron chi connectivity index (χ2n) is 7.55. The number of nitrogens with zero attached hydrogens (tertiary/aromatic N) is 6. The fraction of sp³-hybridized carbons (Fsp3) is 0.368. The first kappa shape index (κ1) is 16.5. The van der Waals surface area contributed by atoms with Crippen LogP contribution in [-0.2, 0) is 0 Å². The van der Waals surface area contributed by atoms with Crippen molar-refractivity contribution in [3.05, 3.63) is 51.8 Å². The van der Waals surface area contributed by atoms with Crippen LogP contribution >= 0.6 is 11.6 Å². The highest BCUT2D eigenvalue weighted by atomic mass is 35.5. The number of rotatable bonds is 3. The number of imidazole rings is 1. The zero-order valence-electron chi connectivity index (χ0n) is 15.3. The van der Waals surface area contributed by atoms with E-state index in [9.17, 15) is 4.79 Å². The molecule has 0 amide bonds. The highest BCUT2D eigenvalue weighted by Crippen LogP contribution is 2.47. The second kappa shape index (κ2) is 5.66. The van der Waals surface area contributed by atoms with Crippen LogP contribution < -0.4 is 5.56 Å². The van der Waals surface area contributed by atoms with Crippen LogP contribution in [0.5, 0.6) is 0 Å². The van der Waals surface area contributed by atoms with E-state index >= 15 is 0 Å². The molecule has 7 nitrogen and oxygen atoms in total. The van der Waals surface area contributed by atoms with Gasteiger partial charge >= 0.3 is 0 Å². The Hall–Kier alpha value is -2.67. The maximum Gasteiger partial charge on any atom is 0.279 e. The number of halogens is 1. The van der Waals surface area contributed by atoms with Crippen LogP contribution in [0.1, 0.15) is 44.8 Å². The van der Waals surface area contributed by atoms with Crippen LogP contribution in [0.25, 0.3) is 22.4 Å². The summed E-state index contributed by atoms with van der Waals surface area (Å²) in [4.78, 5) is 18.0. The number of aromatic nitrogens is 6. The van der Waals surface area contributed by atoms with Crippen LogP contribution in [-0.4, -0.2) is 28.9 Å². The second-order valence-corrected chi connectivity index (χ2v) is 7.96. The van der Waals surface area contributed by atoms with Gasteiger partial charge in [0.15, 0.2) is 11.3 Å². The molecular formula is C19H19ClN6O. The van der Waals surface area contributed by atoms with Crippen molar-refractivity contribution in [2.75, 3.05) is 0 Å². The summed E-state index contributed by atoms with van der Waals surface area (Å²) in [5.74, 6) is 1.53. The summed E-state index contributed by atoms with van der Waals surface area (Å²) in [7, 11) is 0. The summed E-state index contributed by atoms with van der Waals surface area (Å²) in [6.45, 7) is 6.15. The first-order valence-corrected chi connectivity index (χ1v) is 9.47. The molecule has 0 spiro atoms. The van der Waals surface area contributed by atoms with E-state index in [2.05, 4.69) is 22.2 Å². The van der Waals surface area contributed by atoms with Crippen molar-refractivity contribution in [1.29, 1.82) is 0 Å². The Morgan fingerprint density at radius 2 is 2.04 bits per heavy atom. The zero-order chi connectivity index (χ0) is 18.9. The van der Waals surface area contributed by atoms with Gasteiger partial charge in [-0.15, -0.1) is 5.10 Å². The molecule has 0 aliphatic heterocycles. The number of fused-ring (bicyclic) bond motifs is 3.